The lowest BCUT2D eigenvalue weighted by Gasteiger charge is -2.34. The standard InChI is InChI=1S/C28H33N5O4/c1-16-14-29-15-23(30-16)28(11-12-28)26-31-24-20-8-7-17(2)32(27(36)37-3)21(20)9-10-22(24)33(26)19-6-4-5-18(13-19)25(34)35/h9-10,14-15,17-19H,4-8,11-13H2,1-3H3,(H,34,35)/t17-,18+,19+/m0/s1. The van der Waals surface area contributed by atoms with Crippen molar-refractivity contribution in [3.63, 3.8) is 0 Å². The van der Waals surface area contributed by atoms with Crippen molar-refractivity contribution < 1.29 is 19.4 Å². The number of amides is 1. The van der Waals surface area contributed by atoms with Crippen molar-refractivity contribution >= 4 is 28.8 Å². The first-order valence-electron chi connectivity index (χ1n) is 13.3. The van der Waals surface area contributed by atoms with E-state index in [-0.39, 0.29) is 29.5 Å². The number of aliphatic carboxylic acids is 1. The molecule has 1 aromatic carbocycles. The van der Waals surface area contributed by atoms with Gasteiger partial charge in [0.05, 0.1) is 46.6 Å². The Balaban J connectivity index is 1.56. The summed E-state index contributed by atoms with van der Waals surface area (Å²) in [6, 6.07) is 4.14. The van der Waals surface area contributed by atoms with Crippen LogP contribution in [-0.2, 0) is 21.4 Å². The maximum atomic E-state index is 12.7. The van der Waals surface area contributed by atoms with Crippen molar-refractivity contribution in [1.82, 2.24) is 19.5 Å². The number of hydrogen-bond donors (Lipinski definition) is 1. The van der Waals surface area contributed by atoms with Crippen LogP contribution in [0.25, 0.3) is 11.0 Å². The van der Waals surface area contributed by atoms with Gasteiger partial charge >= 0.3 is 12.1 Å². The van der Waals surface area contributed by atoms with Gasteiger partial charge in [-0.2, -0.15) is 0 Å². The number of carboxylic acids is 1. The topological polar surface area (TPSA) is 110 Å². The fraction of sp³-hybridized carbons (Fsp3) is 0.536. The molecule has 9 heteroatoms. The summed E-state index contributed by atoms with van der Waals surface area (Å²) < 4.78 is 7.43. The summed E-state index contributed by atoms with van der Waals surface area (Å²) in [6.45, 7) is 3.99. The maximum Gasteiger partial charge on any atom is 0.414 e. The zero-order valence-electron chi connectivity index (χ0n) is 21.6. The predicted octanol–water partition coefficient (Wildman–Crippen LogP) is 4.94. The summed E-state index contributed by atoms with van der Waals surface area (Å²) in [6.07, 6.45) is 9.83. The van der Waals surface area contributed by atoms with E-state index in [1.54, 1.807) is 11.1 Å². The summed E-state index contributed by atoms with van der Waals surface area (Å²) in [5.74, 6) is -0.122. The molecule has 0 unspecified atom stereocenters. The van der Waals surface area contributed by atoms with Gasteiger partial charge in [0, 0.05) is 30.0 Å². The first kappa shape index (κ1) is 23.9. The fourth-order valence-corrected chi connectivity index (χ4v) is 6.52. The predicted molar refractivity (Wildman–Crippen MR) is 138 cm³/mol. The van der Waals surface area contributed by atoms with Crippen LogP contribution >= 0.6 is 0 Å². The Morgan fingerprint density at radius 3 is 2.65 bits per heavy atom. The maximum absolute atomic E-state index is 12.7. The van der Waals surface area contributed by atoms with Crippen LogP contribution in [0.5, 0.6) is 0 Å². The highest BCUT2D eigenvalue weighted by Crippen LogP contribution is 2.54. The molecule has 3 heterocycles. The number of fused-ring (bicyclic) bond motifs is 3. The molecule has 6 rings (SSSR count). The van der Waals surface area contributed by atoms with Gasteiger partial charge in [-0.15, -0.1) is 0 Å². The molecular weight excluding hydrogens is 470 g/mol. The first-order valence-corrected chi connectivity index (χ1v) is 13.3. The monoisotopic (exact) mass is 503 g/mol. The van der Waals surface area contributed by atoms with Gasteiger partial charge in [-0.1, -0.05) is 6.42 Å². The molecule has 2 fully saturated rings. The number of anilines is 1. The van der Waals surface area contributed by atoms with Crippen LogP contribution in [0.3, 0.4) is 0 Å². The van der Waals surface area contributed by atoms with Crippen molar-refractivity contribution in [2.45, 2.75) is 82.7 Å². The summed E-state index contributed by atoms with van der Waals surface area (Å²) in [5, 5.41) is 9.81. The van der Waals surface area contributed by atoms with E-state index in [0.29, 0.717) is 12.8 Å². The minimum atomic E-state index is -0.721. The van der Waals surface area contributed by atoms with E-state index >= 15 is 0 Å². The lowest BCUT2D eigenvalue weighted by atomic mass is 9.85. The van der Waals surface area contributed by atoms with Gasteiger partial charge in [-0.3, -0.25) is 19.7 Å². The van der Waals surface area contributed by atoms with Crippen molar-refractivity contribution in [2.75, 3.05) is 12.0 Å². The van der Waals surface area contributed by atoms with E-state index in [4.69, 9.17) is 14.7 Å². The number of nitrogens with zero attached hydrogens (tertiary/aromatic N) is 5. The van der Waals surface area contributed by atoms with Crippen LogP contribution in [0.4, 0.5) is 10.5 Å². The Kier molecular flexibility index (Phi) is 5.69. The van der Waals surface area contributed by atoms with Crippen molar-refractivity contribution in [3.8, 4) is 0 Å². The molecule has 1 amide bonds. The van der Waals surface area contributed by atoms with Gasteiger partial charge in [-0.25, -0.2) is 9.78 Å². The average molecular weight is 504 g/mol. The number of carbonyl (C=O) groups is 2. The molecule has 3 aliphatic rings. The third-order valence-electron chi connectivity index (χ3n) is 8.61. The number of rotatable bonds is 4. The van der Waals surface area contributed by atoms with Crippen LogP contribution < -0.4 is 4.90 Å². The van der Waals surface area contributed by atoms with Crippen LogP contribution in [0.2, 0.25) is 0 Å². The minimum absolute atomic E-state index is 0.0333. The molecule has 2 saturated carbocycles. The fourth-order valence-electron chi connectivity index (χ4n) is 6.52. The zero-order valence-corrected chi connectivity index (χ0v) is 21.6. The van der Waals surface area contributed by atoms with E-state index in [1.165, 1.54) is 7.11 Å². The van der Waals surface area contributed by atoms with Crippen LogP contribution in [0.15, 0.2) is 24.5 Å². The van der Waals surface area contributed by atoms with E-state index in [2.05, 4.69) is 15.6 Å². The number of benzene rings is 1. The molecule has 0 saturated heterocycles. The van der Waals surface area contributed by atoms with E-state index in [9.17, 15) is 14.7 Å². The van der Waals surface area contributed by atoms with E-state index in [0.717, 1.165) is 78.0 Å². The smallest absolute Gasteiger partial charge is 0.414 e. The van der Waals surface area contributed by atoms with E-state index in [1.807, 2.05) is 26.1 Å². The molecule has 0 bridgehead atoms. The molecule has 2 aliphatic carbocycles. The number of ether oxygens (including phenoxy) is 1. The van der Waals surface area contributed by atoms with Crippen LogP contribution in [-0.4, -0.2) is 49.8 Å². The SMILES string of the molecule is COC(=O)N1c2ccc3c(nc(C4(c5cncc(C)n5)CC4)n3[C@@H]3CCC[C@@H](C(=O)O)C3)c2CC[C@@H]1C. The molecule has 9 nitrogen and oxygen atoms in total. The van der Waals surface area contributed by atoms with Crippen LogP contribution in [0.1, 0.15) is 80.7 Å². The van der Waals surface area contributed by atoms with Gasteiger partial charge in [0.15, 0.2) is 0 Å². The number of aryl methyl sites for hydroxylation is 2. The zero-order chi connectivity index (χ0) is 25.9. The molecule has 0 radical (unpaired) electrons. The number of imidazole rings is 1. The Labute approximate surface area is 215 Å². The molecule has 0 spiro atoms. The molecule has 1 aliphatic heterocycles. The van der Waals surface area contributed by atoms with Crippen LogP contribution in [0, 0.1) is 12.8 Å². The second-order valence-corrected chi connectivity index (χ2v) is 10.9. The van der Waals surface area contributed by atoms with Crippen molar-refractivity contribution in [1.29, 1.82) is 0 Å². The summed E-state index contributed by atoms with van der Waals surface area (Å²) in [5.41, 5.74) is 5.28. The van der Waals surface area contributed by atoms with Gasteiger partial charge in [0.2, 0.25) is 0 Å². The third kappa shape index (κ3) is 3.78. The summed E-state index contributed by atoms with van der Waals surface area (Å²) >= 11 is 0. The van der Waals surface area contributed by atoms with Crippen molar-refractivity contribution in [3.05, 3.63) is 47.3 Å². The Hall–Kier alpha value is -3.49. The van der Waals surface area contributed by atoms with Crippen molar-refractivity contribution in [2.24, 2.45) is 5.92 Å². The quantitative estimate of drug-likeness (QED) is 0.537. The lowest BCUT2D eigenvalue weighted by Crippen LogP contribution is -2.42. The Morgan fingerprint density at radius 2 is 1.95 bits per heavy atom. The number of methoxy groups -OCH3 is 1. The molecular formula is C28H33N5O4. The third-order valence-corrected chi connectivity index (χ3v) is 8.61. The number of aromatic nitrogens is 4. The molecule has 194 valence electrons. The molecule has 3 aromatic rings. The molecule has 37 heavy (non-hydrogen) atoms. The highest BCUT2D eigenvalue weighted by atomic mass is 16.5. The molecule has 1 N–H and O–H groups in total. The Bertz CT molecular complexity index is 1390. The molecule has 3 atom stereocenters. The first-order chi connectivity index (χ1) is 17.8. The van der Waals surface area contributed by atoms with Gasteiger partial charge in [0.25, 0.3) is 0 Å². The Morgan fingerprint density at radius 1 is 1.14 bits per heavy atom. The lowest BCUT2D eigenvalue weighted by molar-refractivity contribution is -0.143. The summed E-state index contributed by atoms with van der Waals surface area (Å²) in [4.78, 5) is 41.0. The number of carboxylic acid groups (broad SMARTS) is 1. The van der Waals surface area contributed by atoms with Gasteiger partial charge in [-0.05, 0) is 70.9 Å². The van der Waals surface area contributed by atoms with E-state index < -0.39 is 5.97 Å². The number of carbonyl (C=O) groups excluding carboxylic acids is 1. The van der Waals surface area contributed by atoms with Gasteiger partial charge < -0.3 is 14.4 Å². The van der Waals surface area contributed by atoms with Gasteiger partial charge in [0.1, 0.15) is 5.82 Å². The summed E-state index contributed by atoms with van der Waals surface area (Å²) in [7, 11) is 1.41. The largest absolute Gasteiger partial charge is 0.481 e. The highest BCUT2D eigenvalue weighted by molar-refractivity contribution is 5.95. The number of hydrogen-bond acceptors (Lipinski definition) is 6. The second kappa shape index (κ2) is 8.82. The minimum Gasteiger partial charge on any atom is -0.481 e. The average Bonchev–Trinajstić information content (AvgIpc) is 3.61. The second-order valence-electron chi connectivity index (χ2n) is 10.9. The highest BCUT2D eigenvalue weighted by Gasteiger charge is 2.52. The molecule has 2 aromatic heterocycles. The normalized spacial score (nSPS) is 24.5.